The maximum atomic E-state index is 12.6. The van der Waals surface area contributed by atoms with Crippen LogP contribution in [0.25, 0.3) is 0 Å². The summed E-state index contributed by atoms with van der Waals surface area (Å²) in [7, 11) is 0. The van der Waals surface area contributed by atoms with Gasteiger partial charge in [-0.05, 0) is 38.0 Å². The third-order valence-corrected chi connectivity index (χ3v) is 5.99. The van der Waals surface area contributed by atoms with Crippen LogP contribution in [0.4, 0.5) is 0 Å². The molecule has 4 aliphatic rings. The number of amides is 3. The number of rotatable bonds is 4. The first-order valence-corrected chi connectivity index (χ1v) is 9.03. The molecule has 6 nitrogen and oxygen atoms in total. The fourth-order valence-corrected chi connectivity index (χ4v) is 4.89. The maximum absolute atomic E-state index is 12.6. The summed E-state index contributed by atoms with van der Waals surface area (Å²) in [6.45, 7) is 3.71. The van der Waals surface area contributed by atoms with Crippen molar-refractivity contribution in [1.29, 1.82) is 0 Å². The Bertz CT molecular complexity index is 570. The molecule has 2 heterocycles. The number of hydrogen-bond donors (Lipinski definition) is 0. The zero-order valence-corrected chi connectivity index (χ0v) is 14.0. The third-order valence-electron chi connectivity index (χ3n) is 5.99. The quantitative estimate of drug-likeness (QED) is 0.565. The standard InChI is InChI=1S/C18H24N2O4/c1-2-24-13-4-3-7-19(9-13)14(21)10-20-17(22)15-11-5-6-12(8-11)16(15)18(20)23/h5-6,11-13,15-16H,2-4,7-10H2,1H3. The van der Waals surface area contributed by atoms with Crippen molar-refractivity contribution in [2.45, 2.75) is 32.3 Å². The lowest BCUT2D eigenvalue weighted by atomic mass is 9.85. The molecule has 0 aromatic rings. The molecule has 2 bridgehead atoms. The predicted molar refractivity (Wildman–Crippen MR) is 85.7 cm³/mol. The monoisotopic (exact) mass is 332 g/mol. The van der Waals surface area contributed by atoms with Crippen molar-refractivity contribution in [2.75, 3.05) is 26.2 Å². The van der Waals surface area contributed by atoms with E-state index in [0.29, 0.717) is 19.7 Å². The molecule has 0 N–H and O–H groups in total. The minimum atomic E-state index is -0.224. The minimum absolute atomic E-state index is 0.0668. The van der Waals surface area contributed by atoms with Crippen molar-refractivity contribution in [3.8, 4) is 0 Å². The van der Waals surface area contributed by atoms with Gasteiger partial charge in [-0.2, -0.15) is 0 Å². The number of ether oxygens (including phenoxy) is 1. The summed E-state index contributed by atoms with van der Waals surface area (Å²) in [4.78, 5) is 40.9. The summed E-state index contributed by atoms with van der Waals surface area (Å²) < 4.78 is 5.62. The zero-order chi connectivity index (χ0) is 16.8. The molecule has 2 aliphatic carbocycles. The van der Waals surface area contributed by atoms with Crippen LogP contribution in [-0.2, 0) is 19.1 Å². The summed E-state index contributed by atoms with van der Waals surface area (Å²) >= 11 is 0. The third kappa shape index (κ3) is 2.39. The lowest BCUT2D eigenvalue weighted by Gasteiger charge is -2.33. The predicted octanol–water partition coefficient (Wildman–Crippen LogP) is 0.821. The number of likely N-dealkylation sites (tertiary alicyclic amines) is 2. The second-order valence-corrected chi connectivity index (χ2v) is 7.32. The van der Waals surface area contributed by atoms with Crippen molar-refractivity contribution in [3.05, 3.63) is 12.2 Å². The van der Waals surface area contributed by atoms with Crippen molar-refractivity contribution in [2.24, 2.45) is 23.7 Å². The summed E-state index contributed by atoms with van der Waals surface area (Å²) in [5.41, 5.74) is 0. The van der Waals surface area contributed by atoms with Gasteiger partial charge in [0.15, 0.2) is 0 Å². The van der Waals surface area contributed by atoms with Gasteiger partial charge in [-0.1, -0.05) is 12.2 Å². The molecule has 0 aromatic carbocycles. The van der Waals surface area contributed by atoms with Gasteiger partial charge >= 0.3 is 0 Å². The first kappa shape index (κ1) is 15.8. The number of carbonyl (C=O) groups is 3. The number of nitrogens with zero attached hydrogens (tertiary/aromatic N) is 2. The number of piperidine rings is 1. The van der Waals surface area contributed by atoms with Gasteiger partial charge in [0, 0.05) is 19.7 Å². The second-order valence-electron chi connectivity index (χ2n) is 7.32. The number of carbonyl (C=O) groups excluding carboxylic acids is 3. The maximum Gasteiger partial charge on any atom is 0.242 e. The molecule has 4 rings (SSSR count). The molecule has 3 amide bonds. The number of fused-ring (bicyclic) bond motifs is 5. The van der Waals surface area contributed by atoms with Crippen molar-refractivity contribution >= 4 is 17.7 Å². The molecule has 5 unspecified atom stereocenters. The van der Waals surface area contributed by atoms with Gasteiger partial charge in [0.25, 0.3) is 0 Å². The molecule has 2 saturated heterocycles. The first-order chi connectivity index (χ1) is 11.6. The minimum Gasteiger partial charge on any atom is -0.377 e. The lowest BCUT2D eigenvalue weighted by Crippen LogP contribution is -2.48. The second kappa shape index (κ2) is 5.99. The molecule has 130 valence electrons. The Morgan fingerprint density at radius 2 is 1.88 bits per heavy atom. The summed E-state index contributed by atoms with van der Waals surface area (Å²) in [6.07, 6.45) is 6.98. The van der Waals surface area contributed by atoms with Crippen LogP contribution in [0.2, 0.25) is 0 Å². The van der Waals surface area contributed by atoms with Gasteiger partial charge in [-0.15, -0.1) is 0 Å². The Morgan fingerprint density at radius 1 is 1.21 bits per heavy atom. The van der Waals surface area contributed by atoms with Crippen molar-refractivity contribution in [3.63, 3.8) is 0 Å². The summed E-state index contributed by atoms with van der Waals surface area (Å²) in [6, 6.07) is 0. The van der Waals surface area contributed by atoms with Crippen LogP contribution < -0.4 is 0 Å². The van der Waals surface area contributed by atoms with E-state index < -0.39 is 0 Å². The Balaban J connectivity index is 1.41. The van der Waals surface area contributed by atoms with Crippen LogP contribution in [0.1, 0.15) is 26.2 Å². The van der Waals surface area contributed by atoms with E-state index >= 15 is 0 Å². The molecule has 2 aliphatic heterocycles. The highest BCUT2D eigenvalue weighted by Gasteiger charge is 2.59. The van der Waals surface area contributed by atoms with Gasteiger partial charge in [0.05, 0.1) is 17.9 Å². The first-order valence-electron chi connectivity index (χ1n) is 9.03. The molecule has 0 spiro atoms. The Morgan fingerprint density at radius 3 is 2.50 bits per heavy atom. The van der Waals surface area contributed by atoms with Crippen LogP contribution in [0.5, 0.6) is 0 Å². The highest BCUT2D eigenvalue weighted by Crippen LogP contribution is 2.52. The molecule has 24 heavy (non-hydrogen) atoms. The Hall–Kier alpha value is -1.69. The molecular formula is C18H24N2O4. The fourth-order valence-electron chi connectivity index (χ4n) is 4.89. The van der Waals surface area contributed by atoms with Crippen LogP contribution in [0, 0.1) is 23.7 Å². The van der Waals surface area contributed by atoms with Gasteiger partial charge in [0.2, 0.25) is 17.7 Å². The molecular weight excluding hydrogens is 308 g/mol. The van der Waals surface area contributed by atoms with Crippen LogP contribution in [-0.4, -0.2) is 59.9 Å². The molecule has 0 radical (unpaired) electrons. The number of hydrogen-bond acceptors (Lipinski definition) is 4. The van der Waals surface area contributed by atoms with E-state index in [1.807, 2.05) is 6.92 Å². The number of allylic oxidation sites excluding steroid dienone is 2. The molecule has 1 saturated carbocycles. The highest BCUT2D eigenvalue weighted by atomic mass is 16.5. The highest BCUT2D eigenvalue weighted by molar-refractivity contribution is 6.08. The van der Waals surface area contributed by atoms with Crippen molar-refractivity contribution in [1.82, 2.24) is 9.80 Å². The van der Waals surface area contributed by atoms with E-state index in [9.17, 15) is 14.4 Å². The lowest BCUT2D eigenvalue weighted by molar-refractivity contribution is -0.148. The van der Waals surface area contributed by atoms with E-state index in [4.69, 9.17) is 4.74 Å². The van der Waals surface area contributed by atoms with E-state index in [-0.39, 0.29) is 54.0 Å². The normalized spacial score (nSPS) is 37.5. The van der Waals surface area contributed by atoms with Gasteiger partial charge in [0.1, 0.15) is 6.54 Å². The molecule has 6 heteroatoms. The summed E-state index contributed by atoms with van der Waals surface area (Å²) in [5.74, 6) is -0.498. The van der Waals surface area contributed by atoms with Gasteiger partial charge < -0.3 is 9.64 Å². The average molecular weight is 332 g/mol. The number of imide groups is 1. The Kier molecular flexibility index (Phi) is 3.95. The van der Waals surface area contributed by atoms with Gasteiger partial charge in [-0.3, -0.25) is 19.3 Å². The molecule has 0 aromatic heterocycles. The zero-order valence-electron chi connectivity index (χ0n) is 14.0. The van der Waals surface area contributed by atoms with Gasteiger partial charge in [-0.25, -0.2) is 0 Å². The van der Waals surface area contributed by atoms with E-state index in [0.717, 1.165) is 19.3 Å². The molecule has 5 atom stereocenters. The summed E-state index contributed by atoms with van der Waals surface area (Å²) in [5, 5.41) is 0. The van der Waals surface area contributed by atoms with E-state index in [1.165, 1.54) is 4.90 Å². The SMILES string of the molecule is CCOC1CCCN(C(=O)CN2C(=O)C3C4C=CC(C4)C3C2=O)C1. The van der Waals surface area contributed by atoms with Crippen LogP contribution in [0.15, 0.2) is 12.2 Å². The van der Waals surface area contributed by atoms with E-state index in [2.05, 4.69) is 12.2 Å². The van der Waals surface area contributed by atoms with Crippen LogP contribution in [0.3, 0.4) is 0 Å². The topological polar surface area (TPSA) is 66.9 Å². The van der Waals surface area contributed by atoms with E-state index in [1.54, 1.807) is 4.90 Å². The smallest absolute Gasteiger partial charge is 0.242 e. The molecule has 3 fully saturated rings. The average Bonchev–Trinajstić information content (AvgIpc) is 3.25. The van der Waals surface area contributed by atoms with Crippen LogP contribution >= 0.6 is 0 Å². The van der Waals surface area contributed by atoms with Crippen molar-refractivity contribution < 1.29 is 19.1 Å². The Labute approximate surface area is 141 Å². The fraction of sp³-hybridized carbons (Fsp3) is 0.722. The largest absolute Gasteiger partial charge is 0.377 e.